The average Bonchev–Trinajstić information content (AvgIpc) is 3.25. The molecule has 0 aliphatic carbocycles. The first kappa shape index (κ1) is 20.3. The lowest BCUT2D eigenvalue weighted by atomic mass is 9.98. The molecule has 4 aromatic rings. The first-order chi connectivity index (χ1) is 14.9. The fourth-order valence-electron chi connectivity index (χ4n) is 4.81. The maximum Gasteiger partial charge on any atom is 0.152 e. The topological polar surface area (TPSA) is 52.0 Å². The second kappa shape index (κ2) is 7.50. The van der Waals surface area contributed by atoms with E-state index in [1.54, 1.807) is 0 Å². The molecule has 2 aromatic carbocycles. The smallest absolute Gasteiger partial charge is 0.152 e. The molecule has 0 saturated carbocycles. The van der Waals surface area contributed by atoms with Crippen molar-refractivity contribution in [2.45, 2.75) is 26.3 Å². The van der Waals surface area contributed by atoms with E-state index < -0.39 is 9.84 Å². The zero-order chi connectivity index (χ0) is 21.8. The molecule has 1 saturated heterocycles. The van der Waals surface area contributed by atoms with Gasteiger partial charge >= 0.3 is 0 Å². The van der Waals surface area contributed by atoms with Crippen LogP contribution in [0.3, 0.4) is 0 Å². The van der Waals surface area contributed by atoms with Gasteiger partial charge < -0.3 is 4.57 Å². The highest BCUT2D eigenvalue weighted by atomic mass is 35.5. The molecule has 158 valence electrons. The Labute approximate surface area is 187 Å². The molecule has 1 fully saturated rings. The Kier molecular flexibility index (Phi) is 4.91. The molecule has 0 N–H and O–H groups in total. The highest BCUT2D eigenvalue weighted by Gasteiger charge is 2.31. The molecule has 1 aliphatic rings. The number of para-hydroxylation sites is 1. The molecule has 1 atom stereocenters. The summed E-state index contributed by atoms with van der Waals surface area (Å²) in [4.78, 5) is 4.94. The van der Waals surface area contributed by atoms with Crippen molar-refractivity contribution in [3.63, 3.8) is 0 Å². The lowest BCUT2D eigenvalue weighted by Crippen LogP contribution is -2.13. The van der Waals surface area contributed by atoms with E-state index in [-0.39, 0.29) is 17.5 Å². The normalized spacial score (nSPS) is 18.0. The molecule has 0 amide bonds. The predicted molar refractivity (Wildman–Crippen MR) is 127 cm³/mol. The summed E-state index contributed by atoms with van der Waals surface area (Å²) in [5.41, 5.74) is 6.62. The highest BCUT2D eigenvalue weighted by Crippen LogP contribution is 2.42. The third-order valence-electron chi connectivity index (χ3n) is 6.21. The number of fused-ring (bicyclic) bond motifs is 1. The molecule has 2 aromatic heterocycles. The van der Waals surface area contributed by atoms with Gasteiger partial charge in [0.2, 0.25) is 0 Å². The van der Waals surface area contributed by atoms with E-state index in [2.05, 4.69) is 22.8 Å². The molecule has 5 rings (SSSR count). The van der Waals surface area contributed by atoms with E-state index in [0.717, 1.165) is 44.7 Å². The number of pyridine rings is 1. The minimum atomic E-state index is -2.97. The summed E-state index contributed by atoms with van der Waals surface area (Å²) in [6.07, 6.45) is 0.645. The van der Waals surface area contributed by atoms with Crippen LogP contribution in [0.1, 0.15) is 23.9 Å². The van der Waals surface area contributed by atoms with Crippen LogP contribution in [0.4, 0.5) is 0 Å². The molecule has 0 radical (unpaired) electrons. The van der Waals surface area contributed by atoms with Crippen molar-refractivity contribution < 1.29 is 8.42 Å². The molecule has 0 bridgehead atoms. The van der Waals surface area contributed by atoms with Crippen molar-refractivity contribution >= 4 is 32.3 Å². The van der Waals surface area contributed by atoms with Gasteiger partial charge in [-0.2, -0.15) is 0 Å². The molecular formula is C25H23ClN2O2S. The lowest BCUT2D eigenvalue weighted by molar-refractivity contribution is 0.536. The Morgan fingerprint density at radius 1 is 1.03 bits per heavy atom. The monoisotopic (exact) mass is 450 g/mol. The van der Waals surface area contributed by atoms with E-state index in [0.29, 0.717) is 11.4 Å². The largest absolute Gasteiger partial charge is 0.344 e. The summed E-state index contributed by atoms with van der Waals surface area (Å²) < 4.78 is 26.3. The van der Waals surface area contributed by atoms with Crippen molar-refractivity contribution in [3.05, 3.63) is 77.1 Å². The second-order valence-electron chi connectivity index (χ2n) is 8.24. The standard InChI is InChI=1S/C25H23ClN2O2S/c1-16-14-21(17(2)28(16)19-12-13-31(29,30)15-19)25-24(26)23(18-8-4-3-5-9-18)20-10-6-7-11-22(20)27-25/h3-11,14,19H,12-13,15H2,1-2H3/t19-/m1/s1. The number of aromatic nitrogens is 2. The summed E-state index contributed by atoms with van der Waals surface area (Å²) in [5, 5.41) is 1.63. The molecular weight excluding hydrogens is 428 g/mol. The Morgan fingerprint density at radius 3 is 2.45 bits per heavy atom. The third-order valence-corrected chi connectivity index (χ3v) is 8.33. The molecule has 1 aliphatic heterocycles. The number of halogens is 1. The predicted octanol–water partition coefficient (Wildman–Crippen LogP) is 6.00. The van der Waals surface area contributed by atoms with Gasteiger partial charge in [-0.05, 0) is 38.0 Å². The lowest BCUT2D eigenvalue weighted by Gasteiger charge is -2.17. The minimum absolute atomic E-state index is 0.0356. The number of hydrogen-bond donors (Lipinski definition) is 0. The van der Waals surface area contributed by atoms with E-state index >= 15 is 0 Å². The van der Waals surface area contributed by atoms with Crippen LogP contribution in [0.15, 0.2) is 60.7 Å². The van der Waals surface area contributed by atoms with Gasteiger partial charge in [0.1, 0.15) is 0 Å². The van der Waals surface area contributed by atoms with Crippen LogP contribution in [0, 0.1) is 13.8 Å². The van der Waals surface area contributed by atoms with Gasteiger partial charge in [0.15, 0.2) is 9.84 Å². The van der Waals surface area contributed by atoms with Crippen LogP contribution in [0.25, 0.3) is 33.3 Å². The number of aryl methyl sites for hydroxylation is 1. The zero-order valence-electron chi connectivity index (χ0n) is 17.5. The molecule has 4 nitrogen and oxygen atoms in total. The summed E-state index contributed by atoms with van der Waals surface area (Å²) in [6.45, 7) is 4.05. The number of nitrogens with zero attached hydrogens (tertiary/aromatic N) is 2. The average molecular weight is 451 g/mol. The summed E-state index contributed by atoms with van der Waals surface area (Å²) in [7, 11) is -2.97. The van der Waals surface area contributed by atoms with Gasteiger partial charge in [-0.3, -0.25) is 0 Å². The van der Waals surface area contributed by atoms with E-state index in [9.17, 15) is 8.42 Å². The number of hydrogen-bond acceptors (Lipinski definition) is 3. The van der Waals surface area contributed by atoms with E-state index in [1.165, 1.54) is 0 Å². The SMILES string of the molecule is Cc1cc(-c2nc3ccccc3c(-c3ccccc3)c2Cl)c(C)n1[C@@H]1CCS(=O)(=O)C1. The van der Waals surface area contributed by atoms with Crippen LogP contribution in [0.5, 0.6) is 0 Å². The van der Waals surface area contributed by atoms with Crippen molar-refractivity contribution in [2.24, 2.45) is 0 Å². The Balaban J connectivity index is 1.74. The van der Waals surface area contributed by atoms with Crippen LogP contribution < -0.4 is 0 Å². The van der Waals surface area contributed by atoms with Gasteiger partial charge in [0.05, 0.1) is 27.7 Å². The fourth-order valence-corrected chi connectivity index (χ4v) is 6.87. The van der Waals surface area contributed by atoms with Gasteiger partial charge in [-0.15, -0.1) is 0 Å². The Hall–Kier alpha value is -2.63. The maximum atomic E-state index is 12.1. The molecule has 31 heavy (non-hydrogen) atoms. The number of benzene rings is 2. The number of sulfone groups is 1. The van der Waals surface area contributed by atoms with Crippen molar-refractivity contribution in [1.82, 2.24) is 9.55 Å². The van der Waals surface area contributed by atoms with Crippen molar-refractivity contribution in [2.75, 3.05) is 11.5 Å². The molecule has 0 unspecified atom stereocenters. The van der Waals surface area contributed by atoms with Gasteiger partial charge in [-0.25, -0.2) is 13.4 Å². The third kappa shape index (κ3) is 3.46. The first-order valence-corrected chi connectivity index (χ1v) is 12.6. The van der Waals surface area contributed by atoms with Gasteiger partial charge in [-0.1, -0.05) is 60.1 Å². The first-order valence-electron chi connectivity index (χ1n) is 10.4. The Bertz CT molecular complexity index is 1410. The molecule has 6 heteroatoms. The number of rotatable bonds is 3. The molecule has 3 heterocycles. The second-order valence-corrected chi connectivity index (χ2v) is 10.9. The fraction of sp³-hybridized carbons (Fsp3) is 0.240. The van der Waals surface area contributed by atoms with E-state index in [4.69, 9.17) is 16.6 Å². The van der Waals surface area contributed by atoms with Crippen LogP contribution >= 0.6 is 11.6 Å². The summed E-state index contributed by atoms with van der Waals surface area (Å²) >= 11 is 7.03. The van der Waals surface area contributed by atoms with E-state index in [1.807, 2.05) is 56.3 Å². The zero-order valence-corrected chi connectivity index (χ0v) is 19.0. The molecule has 0 spiro atoms. The quantitative estimate of drug-likeness (QED) is 0.384. The van der Waals surface area contributed by atoms with Gasteiger partial charge in [0, 0.05) is 33.9 Å². The van der Waals surface area contributed by atoms with Crippen LogP contribution in [0.2, 0.25) is 5.02 Å². The Morgan fingerprint density at radius 2 is 1.74 bits per heavy atom. The summed E-state index contributed by atoms with van der Waals surface area (Å²) in [5.74, 6) is 0.439. The summed E-state index contributed by atoms with van der Waals surface area (Å²) in [6, 6.07) is 20.2. The van der Waals surface area contributed by atoms with Crippen LogP contribution in [-0.2, 0) is 9.84 Å². The van der Waals surface area contributed by atoms with Crippen LogP contribution in [-0.4, -0.2) is 29.5 Å². The maximum absolute atomic E-state index is 12.1. The minimum Gasteiger partial charge on any atom is -0.344 e. The van der Waals surface area contributed by atoms with Gasteiger partial charge in [0.25, 0.3) is 0 Å². The van der Waals surface area contributed by atoms with Crippen molar-refractivity contribution in [1.29, 1.82) is 0 Å². The van der Waals surface area contributed by atoms with Crippen molar-refractivity contribution in [3.8, 4) is 22.4 Å². The highest BCUT2D eigenvalue weighted by molar-refractivity contribution is 7.91.